The minimum Gasteiger partial charge on any atom is -0.341 e. The van der Waals surface area contributed by atoms with Crippen molar-refractivity contribution in [1.82, 2.24) is 14.5 Å². The number of aryl methyl sites for hydroxylation is 1. The largest absolute Gasteiger partial charge is 0.341 e. The van der Waals surface area contributed by atoms with Crippen LogP contribution in [0, 0.1) is 18.8 Å². The molecule has 0 N–H and O–H groups in total. The Hall–Kier alpha value is -1.32. The first-order valence-electron chi connectivity index (χ1n) is 7.76. The standard InChI is InChI=1S/C16H27N3O/c1-12(2)9-15-10-19(14(4)17-15)11-16(20)18-7-5-13(3)6-8-18/h10,12-13H,5-9,11H2,1-4H3. The van der Waals surface area contributed by atoms with Crippen LogP contribution in [0.1, 0.15) is 45.1 Å². The Bertz CT molecular complexity index is 456. The van der Waals surface area contributed by atoms with E-state index in [1.54, 1.807) is 0 Å². The van der Waals surface area contributed by atoms with Crippen molar-refractivity contribution in [3.8, 4) is 0 Å². The number of hydrogen-bond donors (Lipinski definition) is 0. The lowest BCUT2D eigenvalue weighted by Gasteiger charge is -2.30. The van der Waals surface area contributed by atoms with Gasteiger partial charge in [-0.2, -0.15) is 0 Å². The Morgan fingerprint density at radius 3 is 2.65 bits per heavy atom. The molecule has 0 spiro atoms. The number of amides is 1. The predicted molar refractivity (Wildman–Crippen MR) is 80.5 cm³/mol. The molecule has 2 rings (SSSR count). The van der Waals surface area contributed by atoms with Crippen LogP contribution >= 0.6 is 0 Å². The van der Waals surface area contributed by atoms with Crippen molar-refractivity contribution in [2.45, 2.75) is 53.5 Å². The molecule has 0 radical (unpaired) electrons. The molecular weight excluding hydrogens is 250 g/mol. The van der Waals surface area contributed by atoms with Gasteiger partial charge in [-0.3, -0.25) is 4.79 Å². The van der Waals surface area contributed by atoms with E-state index in [4.69, 9.17) is 0 Å². The fourth-order valence-electron chi connectivity index (χ4n) is 2.75. The maximum Gasteiger partial charge on any atom is 0.242 e. The molecule has 1 aliphatic rings. The maximum absolute atomic E-state index is 12.3. The van der Waals surface area contributed by atoms with Crippen molar-refractivity contribution in [2.75, 3.05) is 13.1 Å². The van der Waals surface area contributed by atoms with Crippen molar-refractivity contribution in [1.29, 1.82) is 0 Å². The molecule has 1 aromatic rings. The van der Waals surface area contributed by atoms with Gasteiger partial charge in [0.25, 0.3) is 0 Å². The molecule has 4 heteroatoms. The number of hydrogen-bond acceptors (Lipinski definition) is 2. The highest BCUT2D eigenvalue weighted by Gasteiger charge is 2.21. The summed E-state index contributed by atoms with van der Waals surface area (Å²) in [5.41, 5.74) is 1.09. The molecule has 1 amide bonds. The fraction of sp³-hybridized carbons (Fsp3) is 0.750. The summed E-state index contributed by atoms with van der Waals surface area (Å²) in [7, 11) is 0. The lowest BCUT2D eigenvalue weighted by Crippen LogP contribution is -2.39. The second kappa shape index (κ2) is 6.42. The summed E-state index contributed by atoms with van der Waals surface area (Å²) in [4.78, 5) is 18.9. The fourth-order valence-corrected chi connectivity index (χ4v) is 2.75. The van der Waals surface area contributed by atoms with Gasteiger partial charge in [-0.15, -0.1) is 0 Å². The molecule has 112 valence electrons. The van der Waals surface area contributed by atoms with Crippen LogP contribution in [0.15, 0.2) is 6.20 Å². The summed E-state index contributed by atoms with van der Waals surface area (Å²) in [5, 5.41) is 0. The molecule has 1 aromatic heterocycles. The topological polar surface area (TPSA) is 38.1 Å². The minimum atomic E-state index is 0.230. The third kappa shape index (κ3) is 3.84. The molecule has 4 nitrogen and oxygen atoms in total. The van der Waals surface area contributed by atoms with Crippen molar-refractivity contribution >= 4 is 5.91 Å². The average Bonchev–Trinajstić information content (AvgIpc) is 2.69. The van der Waals surface area contributed by atoms with E-state index in [9.17, 15) is 4.79 Å². The third-order valence-electron chi connectivity index (χ3n) is 4.09. The van der Waals surface area contributed by atoms with E-state index in [1.807, 2.05) is 22.6 Å². The molecule has 0 atom stereocenters. The van der Waals surface area contributed by atoms with Gasteiger partial charge in [0, 0.05) is 19.3 Å². The van der Waals surface area contributed by atoms with Crippen molar-refractivity contribution in [2.24, 2.45) is 11.8 Å². The normalized spacial score (nSPS) is 16.9. The zero-order valence-corrected chi connectivity index (χ0v) is 13.2. The number of aromatic nitrogens is 2. The molecular formula is C16H27N3O. The van der Waals surface area contributed by atoms with Crippen molar-refractivity contribution in [3.63, 3.8) is 0 Å². The molecule has 0 bridgehead atoms. The van der Waals surface area contributed by atoms with Crippen LogP contribution in [0.3, 0.4) is 0 Å². The smallest absolute Gasteiger partial charge is 0.242 e. The van der Waals surface area contributed by atoms with Crippen LogP contribution < -0.4 is 0 Å². The quantitative estimate of drug-likeness (QED) is 0.848. The predicted octanol–water partition coefficient (Wildman–Crippen LogP) is 2.65. The summed E-state index contributed by atoms with van der Waals surface area (Å²) in [6.45, 7) is 10.9. The van der Waals surface area contributed by atoms with Gasteiger partial charge in [0.1, 0.15) is 12.4 Å². The van der Waals surface area contributed by atoms with Crippen molar-refractivity contribution < 1.29 is 4.79 Å². The lowest BCUT2D eigenvalue weighted by atomic mass is 9.99. The first-order valence-corrected chi connectivity index (χ1v) is 7.76. The Labute approximate surface area is 122 Å². The number of nitrogens with zero attached hydrogens (tertiary/aromatic N) is 3. The van der Waals surface area contributed by atoms with E-state index in [-0.39, 0.29) is 5.91 Å². The van der Waals surface area contributed by atoms with Gasteiger partial charge in [-0.25, -0.2) is 4.98 Å². The van der Waals surface area contributed by atoms with Gasteiger partial charge in [0.05, 0.1) is 5.69 Å². The average molecular weight is 277 g/mol. The Balaban J connectivity index is 1.95. The van der Waals surface area contributed by atoms with Gasteiger partial charge >= 0.3 is 0 Å². The molecule has 1 fully saturated rings. The number of carbonyl (C=O) groups is 1. The summed E-state index contributed by atoms with van der Waals surface area (Å²) < 4.78 is 2.00. The SMILES string of the molecule is Cc1nc(CC(C)C)cn1CC(=O)N1CCC(C)CC1. The third-order valence-corrected chi connectivity index (χ3v) is 4.09. The molecule has 0 aromatic carbocycles. The highest BCUT2D eigenvalue weighted by molar-refractivity contribution is 5.76. The number of likely N-dealkylation sites (tertiary alicyclic amines) is 1. The summed E-state index contributed by atoms with van der Waals surface area (Å²) in [6.07, 6.45) is 5.28. The maximum atomic E-state index is 12.3. The molecule has 0 aliphatic carbocycles. The summed E-state index contributed by atoms with van der Waals surface area (Å²) in [5.74, 6) is 2.52. The molecule has 0 saturated carbocycles. The van der Waals surface area contributed by atoms with Gasteiger partial charge in [-0.1, -0.05) is 20.8 Å². The molecule has 20 heavy (non-hydrogen) atoms. The zero-order valence-electron chi connectivity index (χ0n) is 13.2. The first-order chi connectivity index (χ1) is 9.45. The van der Waals surface area contributed by atoms with Crippen LogP contribution in [0.5, 0.6) is 0 Å². The monoisotopic (exact) mass is 277 g/mol. The van der Waals surface area contributed by atoms with Gasteiger partial charge in [0.2, 0.25) is 5.91 Å². The second-order valence-corrected chi connectivity index (χ2v) is 6.57. The molecule has 1 saturated heterocycles. The Kier molecular flexibility index (Phi) is 4.84. The van der Waals surface area contributed by atoms with E-state index < -0.39 is 0 Å². The summed E-state index contributed by atoms with van der Waals surface area (Å²) in [6, 6.07) is 0. The van der Waals surface area contributed by atoms with Crippen LogP contribution in [-0.2, 0) is 17.8 Å². The number of rotatable bonds is 4. The van der Waals surface area contributed by atoms with Crippen LogP contribution in [0.25, 0.3) is 0 Å². The molecule has 1 aliphatic heterocycles. The first kappa shape index (κ1) is 15.1. The number of carbonyl (C=O) groups excluding carboxylic acids is 1. The lowest BCUT2D eigenvalue weighted by molar-refractivity contribution is -0.133. The van der Waals surface area contributed by atoms with E-state index in [0.717, 1.165) is 49.8 Å². The highest BCUT2D eigenvalue weighted by atomic mass is 16.2. The summed E-state index contributed by atoms with van der Waals surface area (Å²) >= 11 is 0. The second-order valence-electron chi connectivity index (χ2n) is 6.57. The van der Waals surface area contributed by atoms with Gasteiger partial charge in [-0.05, 0) is 38.0 Å². The molecule has 2 heterocycles. The number of piperidine rings is 1. The van der Waals surface area contributed by atoms with Crippen LogP contribution in [0.4, 0.5) is 0 Å². The van der Waals surface area contributed by atoms with Gasteiger partial charge in [0.15, 0.2) is 0 Å². The Morgan fingerprint density at radius 1 is 1.40 bits per heavy atom. The van der Waals surface area contributed by atoms with Crippen molar-refractivity contribution in [3.05, 3.63) is 17.7 Å². The van der Waals surface area contributed by atoms with Crippen LogP contribution in [-0.4, -0.2) is 33.4 Å². The highest BCUT2D eigenvalue weighted by Crippen LogP contribution is 2.16. The van der Waals surface area contributed by atoms with E-state index in [0.29, 0.717) is 12.5 Å². The molecule has 0 unspecified atom stereocenters. The van der Waals surface area contributed by atoms with E-state index in [2.05, 4.69) is 25.8 Å². The van der Waals surface area contributed by atoms with Crippen LogP contribution in [0.2, 0.25) is 0 Å². The zero-order chi connectivity index (χ0) is 14.7. The van der Waals surface area contributed by atoms with E-state index in [1.165, 1.54) is 0 Å². The minimum absolute atomic E-state index is 0.230. The van der Waals surface area contributed by atoms with E-state index >= 15 is 0 Å². The Morgan fingerprint density at radius 2 is 2.05 bits per heavy atom. The van der Waals surface area contributed by atoms with Gasteiger partial charge < -0.3 is 9.47 Å². The number of imidazole rings is 1.